The Morgan fingerprint density at radius 1 is 1.22 bits per heavy atom. The third-order valence-corrected chi connectivity index (χ3v) is 4.37. The number of para-hydroxylation sites is 1. The molecule has 1 saturated carbocycles. The summed E-state index contributed by atoms with van der Waals surface area (Å²) in [7, 11) is 0. The van der Waals surface area contributed by atoms with Gasteiger partial charge < -0.3 is 5.32 Å². The summed E-state index contributed by atoms with van der Waals surface area (Å²) in [5, 5.41) is 3.82. The van der Waals surface area contributed by atoms with Crippen LogP contribution in [-0.2, 0) is 6.42 Å². The van der Waals surface area contributed by atoms with Gasteiger partial charge in [0, 0.05) is 11.7 Å². The van der Waals surface area contributed by atoms with Crippen LogP contribution in [0.1, 0.15) is 58.4 Å². The average molecular weight is 245 g/mol. The first-order valence-corrected chi connectivity index (χ1v) is 7.48. The van der Waals surface area contributed by atoms with Gasteiger partial charge in [-0.3, -0.25) is 0 Å². The Bertz CT molecular complexity index is 381. The van der Waals surface area contributed by atoms with Gasteiger partial charge in [0.15, 0.2) is 0 Å². The van der Waals surface area contributed by atoms with Crippen molar-refractivity contribution in [1.82, 2.24) is 0 Å². The highest BCUT2D eigenvalue weighted by atomic mass is 14.9. The minimum absolute atomic E-state index is 0.428. The van der Waals surface area contributed by atoms with Crippen LogP contribution in [0.2, 0.25) is 0 Å². The fraction of sp³-hybridized carbons (Fsp3) is 0.647. The van der Waals surface area contributed by atoms with Crippen LogP contribution in [-0.4, -0.2) is 6.04 Å². The topological polar surface area (TPSA) is 12.0 Å². The number of anilines is 1. The number of hydrogen-bond acceptors (Lipinski definition) is 1. The third-order valence-electron chi connectivity index (χ3n) is 4.37. The molecule has 1 unspecified atom stereocenters. The van der Waals surface area contributed by atoms with Crippen molar-refractivity contribution in [2.45, 2.75) is 65.3 Å². The lowest BCUT2D eigenvalue weighted by Gasteiger charge is -2.40. The van der Waals surface area contributed by atoms with Crippen molar-refractivity contribution in [3.05, 3.63) is 29.8 Å². The van der Waals surface area contributed by atoms with Crippen LogP contribution in [0.15, 0.2) is 24.3 Å². The molecule has 0 aromatic heterocycles. The Morgan fingerprint density at radius 2 is 2.00 bits per heavy atom. The fourth-order valence-electron chi connectivity index (χ4n) is 3.10. The number of hydrogen-bond donors (Lipinski definition) is 1. The van der Waals surface area contributed by atoms with Crippen LogP contribution in [0.5, 0.6) is 0 Å². The molecule has 2 rings (SSSR count). The van der Waals surface area contributed by atoms with Gasteiger partial charge in [-0.05, 0) is 36.3 Å². The molecule has 1 atom stereocenters. The molecule has 1 aliphatic carbocycles. The minimum Gasteiger partial charge on any atom is -0.382 e. The lowest BCUT2D eigenvalue weighted by molar-refractivity contribution is 0.217. The van der Waals surface area contributed by atoms with Gasteiger partial charge in [0.05, 0.1) is 0 Å². The Balaban J connectivity index is 2.12. The van der Waals surface area contributed by atoms with Gasteiger partial charge in [-0.25, -0.2) is 0 Å². The highest BCUT2D eigenvalue weighted by Crippen LogP contribution is 2.37. The summed E-state index contributed by atoms with van der Waals surface area (Å²) in [5.41, 5.74) is 3.26. The maximum atomic E-state index is 3.82. The van der Waals surface area contributed by atoms with E-state index in [1.54, 1.807) is 0 Å². The van der Waals surface area contributed by atoms with E-state index in [-0.39, 0.29) is 0 Å². The molecule has 1 fully saturated rings. The Morgan fingerprint density at radius 3 is 2.72 bits per heavy atom. The van der Waals surface area contributed by atoms with E-state index in [4.69, 9.17) is 0 Å². The Kier molecular flexibility index (Phi) is 4.31. The van der Waals surface area contributed by atoms with Gasteiger partial charge in [0.2, 0.25) is 0 Å². The molecule has 1 heteroatoms. The van der Waals surface area contributed by atoms with Gasteiger partial charge in [-0.2, -0.15) is 0 Å². The minimum atomic E-state index is 0.428. The van der Waals surface area contributed by atoms with Crippen LogP contribution >= 0.6 is 0 Å². The molecule has 18 heavy (non-hydrogen) atoms. The van der Waals surface area contributed by atoms with Gasteiger partial charge in [-0.1, -0.05) is 58.2 Å². The molecule has 0 saturated heterocycles. The molecule has 0 spiro atoms. The molecule has 1 aromatic carbocycles. The van der Waals surface area contributed by atoms with Gasteiger partial charge >= 0.3 is 0 Å². The highest BCUT2D eigenvalue weighted by Gasteiger charge is 2.32. The molecule has 1 N–H and O–H groups in total. The molecule has 1 nitrogen and oxygen atoms in total. The van der Waals surface area contributed by atoms with Crippen molar-refractivity contribution >= 4 is 5.69 Å². The Hall–Kier alpha value is -0.980. The molecule has 1 aromatic rings. The smallest absolute Gasteiger partial charge is 0.0375 e. The molecule has 100 valence electrons. The zero-order valence-electron chi connectivity index (χ0n) is 12.1. The summed E-state index contributed by atoms with van der Waals surface area (Å²) in [6, 6.07) is 9.45. The third kappa shape index (κ3) is 3.07. The summed E-state index contributed by atoms with van der Waals surface area (Å²) < 4.78 is 0. The van der Waals surface area contributed by atoms with Crippen LogP contribution in [0, 0.1) is 5.41 Å². The summed E-state index contributed by atoms with van der Waals surface area (Å²) in [5.74, 6) is 0. The maximum Gasteiger partial charge on any atom is 0.0375 e. The largest absolute Gasteiger partial charge is 0.382 e. The second-order valence-electron chi connectivity index (χ2n) is 6.34. The van der Waals surface area contributed by atoms with Crippen molar-refractivity contribution in [2.24, 2.45) is 5.41 Å². The van der Waals surface area contributed by atoms with Gasteiger partial charge in [0.1, 0.15) is 0 Å². The molecule has 0 bridgehead atoms. The predicted molar refractivity (Wildman–Crippen MR) is 80.1 cm³/mol. The molecule has 1 aliphatic rings. The lowest BCUT2D eigenvalue weighted by atomic mass is 9.73. The van der Waals surface area contributed by atoms with Crippen LogP contribution in [0.25, 0.3) is 0 Å². The van der Waals surface area contributed by atoms with E-state index in [0.29, 0.717) is 11.5 Å². The normalized spacial score (nSPS) is 22.7. The number of rotatable bonds is 4. The molecular weight excluding hydrogens is 218 g/mol. The number of aryl methyl sites for hydroxylation is 1. The first kappa shape index (κ1) is 13.5. The molecule has 0 amide bonds. The molecule has 0 heterocycles. The van der Waals surface area contributed by atoms with Crippen molar-refractivity contribution in [2.75, 3.05) is 5.32 Å². The van der Waals surface area contributed by atoms with Crippen molar-refractivity contribution < 1.29 is 0 Å². The summed E-state index contributed by atoms with van der Waals surface area (Å²) >= 11 is 0. The van der Waals surface area contributed by atoms with E-state index in [1.807, 2.05) is 0 Å². The first-order chi connectivity index (χ1) is 8.63. The Labute approximate surface area is 112 Å². The standard InChI is InChI=1S/C17H27N/c1-4-9-14-10-5-6-11-15(14)18-16-12-7-8-13-17(16,2)3/h5-6,10-11,16,18H,4,7-9,12-13H2,1-3H3. The second kappa shape index (κ2) is 5.77. The molecular formula is C17H27N. The fourth-order valence-corrected chi connectivity index (χ4v) is 3.10. The average Bonchev–Trinajstić information content (AvgIpc) is 2.34. The van der Waals surface area contributed by atoms with E-state index in [1.165, 1.54) is 49.8 Å². The van der Waals surface area contributed by atoms with Gasteiger partial charge in [0.25, 0.3) is 0 Å². The van der Waals surface area contributed by atoms with E-state index in [2.05, 4.69) is 50.4 Å². The van der Waals surface area contributed by atoms with E-state index < -0.39 is 0 Å². The van der Waals surface area contributed by atoms with Gasteiger partial charge in [-0.15, -0.1) is 0 Å². The highest BCUT2D eigenvalue weighted by molar-refractivity contribution is 5.52. The van der Waals surface area contributed by atoms with Crippen LogP contribution < -0.4 is 5.32 Å². The zero-order valence-corrected chi connectivity index (χ0v) is 12.1. The summed E-state index contributed by atoms with van der Waals surface area (Å²) in [6.45, 7) is 7.07. The predicted octanol–water partition coefficient (Wildman–Crippen LogP) is 5.02. The van der Waals surface area contributed by atoms with Crippen molar-refractivity contribution in [3.8, 4) is 0 Å². The van der Waals surface area contributed by atoms with E-state index in [0.717, 1.165) is 0 Å². The first-order valence-electron chi connectivity index (χ1n) is 7.48. The van der Waals surface area contributed by atoms with E-state index >= 15 is 0 Å². The van der Waals surface area contributed by atoms with Crippen molar-refractivity contribution in [3.63, 3.8) is 0 Å². The lowest BCUT2D eigenvalue weighted by Crippen LogP contribution is -2.39. The SMILES string of the molecule is CCCc1ccccc1NC1CCCCC1(C)C. The molecule has 0 aliphatic heterocycles. The number of nitrogens with one attached hydrogen (secondary N) is 1. The molecule has 0 radical (unpaired) electrons. The second-order valence-corrected chi connectivity index (χ2v) is 6.34. The van der Waals surface area contributed by atoms with Crippen molar-refractivity contribution in [1.29, 1.82) is 0 Å². The summed E-state index contributed by atoms with van der Waals surface area (Å²) in [4.78, 5) is 0. The monoisotopic (exact) mass is 245 g/mol. The maximum absolute atomic E-state index is 3.82. The summed E-state index contributed by atoms with van der Waals surface area (Å²) in [6.07, 6.45) is 7.82. The quantitative estimate of drug-likeness (QED) is 0.785. The van der Waals surface area contributed by atoms with E-state index in [9.17, 15) is 0 Å². The van der Waals surface area contributed by atoms with Crippen LogP contribution in [0.4, 0.5) is 5.69 Å². The number of benzene rings is 1. The van der Waals surface area contributed by atoms with Crippen LogP contribution in [0.3, 0.4) is 0 Å². The zero-order chi connectivity index (χ0) is 13.0.